The van der Waals surface area contributed by atoms with E-state index in [2.05, 4.69) is 5.32 Å². The standard InChI is InChI=1S/C14H19ClN2O4S/c1-3-7-16-14(18)13-6-8-17(22(2,19)20)11-9-10(15)4-5-12(11)21-13/h4-5,9,13H,3,6-8H2,1-2H3,(H,16,18). The van der Waals surface area contributed by atoms with Crippen molar-refractivity contribution >= 4 is 33.2 Å². The van der Waals surface area contributed by atoms with Crippen molar-refractivity contribution < 1.29 is 17.9 Å². The quantitative estimate of drug-likeness (QED) is 0.901. The first-order valence-corrected chi connectivity index (χ1v) is 9.27. The van der Waals surface area contributed by atoms with Crippen molar-refractivity contribution in [2.45, 2.75) is 25.9 Å². The maximum Gasteiger partial charge on any atom is 0.261 e. The van der Waals surface area contributed by atoms with E-state index in [1.165, 1.54) is 10.4 Å². The van der Waals surface area contributed by atoms with Gasteiger partial charge < -0.3 is 10.1 Å². The third-order valence-electron chi connectivity index (χ3n) is 3.30. The van der Waals surface area contributed by atoms with Crippen LogP contribution in [0.25, 0.3) is 0 Å². The average molecular weight is 347 g/mol. The number of carbonyl (C=O) groups excluding carboxylic acids is 1. The molecule has 1 atom stereocenters. The summed E-state index contributed by atoms with van der Waals surface area (Å²) in [5.74, 6) is 0.0991. The molecule has 0 fully saturated rings. The zero-order valence-electron chi connectivity index (χ0n) is 12.5. The number of halogens is 1. The monoisotopic (exact) mass is 346 g/mol. The Morgan fingerprint density at radius 3 is 2.86 bits per heavy atom. The lowest BCUT2D eigenvalue weighted by molar-refractivity contribution is -0.128. The number of nitrogens with one attached hydrogen (secondary N) is 1. The Morgan fingerprint density at radius 2 is 2.23 bits per heavy atom. The van der Waals surface area contributed by atoms with Gasteiger partial charge in [-0.05, 0) is 24.6 Å². The fourth-order valence-electron chi connectivity index (χ4n) is 2.24. The van der Waals surface area contributed by atoms with Gasteiger partial charge in [0.05, 0.1) is 11.9 Å². The minimum absolute atomic E-state index is 0.163. The molecule has 1 aromatic carbocycles. The van der Waals surface area contributed by atoms with Gasteiger partial charge in [0, 0.05) is 24.5 Å². The number of carbonyl (C=O) groups is 1. The van der Waals surface area contributed by atoms with Crippen LogP contribution in [0.15, 0.2) is 18.2 Å². The van der Waals surface area contributed by atoms with E-state index >= 15 is 0 Å². The summed E-state index contributed by atoms with van der Waals surface area (Å²) in [5, 5.41) is 3.17. The molecule has 22 heavy (non-hydrogen) atoms. The SMILES string of the molecule is CCCNC(=O)C1CCN(S(C)(=O)=O)c2cc(Cl)ccc2O1. The molecule has 0 spiro atoms. The van der Waals surface area contributed by atoms with Gasteiger partial charge in [-0.15, -0.1) is 0 Å². The van der Waals surface area contributed by atoms with Crippen molar-refractivity contribution in [1.82, 2.24) is 5.32 Å². The van der Waals surface area contributed by atoms with Crippen LogP contribution in [0.4, 0.5) is 5.69 Å². The second-order valence-electron chi connectivity index (χ2n) is 5.13. The fraction of sp³-hybridized carbons (Fsp3) is 0.500. The maximum atomic E-state index is 12.1. The number of anilines is 1. The van der Waals surface area contributed by atoms with Crippen molar-refractivity contribution in [3.05, 3.63) is 23.2 Å². The number of benzene rings is 1. The van der Waals surface area contributed by atoms with E-state index in [9.17, 15) is 13.2 Å². The Kier molecular flexibility index (Phi) is 5.18. The lowest BCUT2D eigenvalue weighted by atomic mass is 10.2. The smallest absolute Gasteiger partial charge is 0.261 e. The van der Waals surface area contributed by atoms with Crippen LogP contribution in [0, 0.1) is 0 Å². The molecule has 122 valence electrons. The molecule has 0 aliphatic carbocycles. The minimum Gasteiger partial charge on any atom is -0.478 e. The molecule has 2 rings (SSSR count). The van der Waals surface area contributed by atoms with Crippen LogP contribution in [0.3, 0.4) is 0 Å². The number of sulfonamides is 1. The Morgan fingerprint density at radius 1 is 1.50 bits per heavy atom. The van der Waals surface area contributed by atoms with Crippen LogP contribution in [-0.4, -0.2) is 39.8 Å². The van der Waals surface area contributed by atoms with Crippen molar-refractivity contribution in [1.29, 1.82) is 0 Å². The Bertz CT molecular complexity index is 663. The Balaban J connectivity index is 2.34. The van der Waals surface area contributed by atoms with E-state index in [0.717, 1.165) is 12.7 Å². The molecule has 0 saturated heterocycles. The third-order valence-corrected chi connectivity index (χ3v) is 4.71. The number of amides is 1. The van der Waals surface area contributed by atoms with Crippen molar-refractivity contribution in [3.63, 3.8) is 0 Å². The molecule has 1 amide bonds. The predicted molar refractivity (Wildman–Crippen MR) is 86.0 cm³/mol. The van der Waals surface area contributed by atoms with Crippen molar-refractivity contribution in [2.75, 3.05) is 23.7 Å². The molecule has 1 heterocycles. The van der Waals surface area contributed by atoms with E-state index in [-0.39, 0.29) is 18.9 Å². The van der Waals surface area contributed by atoms with Gasteiger partial charge in [-0.3, -0.25) is 9.10 Å². The second-order valence-corrected chi connectivity index (χ2v) is 7.48. The summed E-state index contributed by atoms with van der Waals surface area (Å²) in [6, 6.07) is 4.72. The number of rotatable bonds is 4. The molecular weight excluding hydrogens is 328 g/mol. The van der Waals surface area contributed by atoms with Gasteiger partial charge in [0.15, 0.2) is 6.10 Å². The highest BCUT2D eigenvalue weighted by atomic mass is 35.5. The molecule has 6 nitrogen and oxygen atoms in total. The highest BCUT2D eigenvalue weighted by molar-refractivity contribution is 7.92. The third kappa shape index (κ3) is 3.84. The largest absolute Gasteiger partial charge is 0.478 e. The minimum atomic E-state index is -3.48. The molecule has 1 unspecified atom stereocenters. The van der Waals surface area contributed by atoms with Crippen molar-refractivity contribution in [2.24, 2.45) is 0 Å². The van der Waals surface area contributed by atoms with Crippen LogP contribution in [0.5, 0.6) is 5.75 Å². The van der Waals surface area contributed by atoms with Crippen LogP contribution in [0.2, 0.25) is 5.02 Å². The molecule has 0 saturated carbocycles. The van der Waals surface area contributed by atoms with E-state index < -0.39 is 16.1 Å². The highest BCUT2D eigenvalue weighted by Gasteiger charge is 2.31. The molecule has 0 radical (unpaired) electrons. The first-order chi connectivity index (χ1) is 10.3. The summed E-state index contributed by atoms with van der Waals surface area (Å²) in [6.45, 7) is 2.68. The number of ether oxygens (including phenoxy) is 1. The molecule has 1 aliphatic heterocycles. The van der Waals surface area contributed by atoms with Gasteiger partial charge >= 0.3 is 0 Å². The Hall–Kier alpha value is -1.47. The molecule has 8 heteroatoms. The average Bonchev–Trinajstić information content (AvgIpc) is 2.63. The Labute approximate surface area is 135 Å². The summed E-state index contributed by atoms with van der Waals surface area (Å²) in [5.41, 5.74) is 0.362. The maximum absolute atomic E-state index is 12.1. The van der Waals surface area contributed by atoms with Crippen molar-refractivity contribution in [3.8, 4) is 5.75 Å². The predicted octanol–water partition coefficient (Wildman–Crippen LogP) is 1.78. The lowest BCUT2D eigenvalue weighted by Crippen LogP contribution is -2.40. The summed E-state index contributed by atoms with van der Waals surface area (Å²) in [6.07, 6.45) is 1.49. The zero-order chi connectivity index (χ0) is 16.3. The fourth-order valence-corrected chi connectivity index (χ4v) is 3.35. The molecule has 1 N–H and O–H groups in total. The first kappa shape index (κ1) is 16.9. The number of hydrogen-bond acceptors (Lipinski definition) is 4. The van der Waals surface area contributed by atoms with Gasteiger partial charge in [0.2, 0.25) is 10.0 Å². The van der Waals surface area contributed by atoms with E-state index in [0.29, 0.717) is 23.0 Å². The zero-order valence-corrected chi connectivity index (χ0v) is 14.1. The lowest BCUT2D eigenvalue weighted by Gasteiger charge is -2.21. The highest BCUT2D eigenvalue weighted by Crippen LogP contribution is 2.36. The van der Waals surface area contributed by atoms with Gasteiger partial charge in [-0.25, -0.2) is 8.42 Å². The summed E-state index contributed by atoms with van der Waals surface area (Å²) in [7, 11) is -3.48. The first-order valence-electron chi connectivity index (χ1n) is 7.04. The van der Waals surface area contributed by atoms with Gasteiger partial charge in [-0.1, -0.05) is 18.5 Å². The molecular formula is C14H19ClN2O4S. The van der Waals surface area contributed by atoms with Crippen LogP contribution >= 0.6 is 11.6 Å². The number of nitrogens with zero attached hydrogens (tertiary/aromatic N) is 1. The molecule has 0 aromatic heterocycles. The molecule has 0 bridgehead atoms. The van der Waals surface area contributed by atoms with Gasteiger partial charge in [0.25, 0.3) is 5.91 Å². The molecule has 1 aromatic rings. The number of fused-ring (bicyclic) bond motifs is 1. The number of hydrogen-bond donors (Lipinski definition) is 1. The van der Waals surface area contributed by atoms with Crippen LogP contribution in [-0.2, 0) is 14.8 Å². The molecule has 1 aliphatic rings. The van der Waals surface area contributed by atoms with E-state index in [1.54, 1.807) is 12.1 Å². The van der Waals surface area contributed by atoms with Crippen LogP contribution in [0.1, 0.15) is 19.8 Å². The summed E-state index contributed by atoms with van der Waals surface area (Å²) < 4.78 is 30.9. The second kappa shape index (κ2) is 6.75. The summed E-state index contributed by atoms with van der Waals surface area (Å²) >= 11 is 5.96. The van der Waals surface area contributed by atoms with E-state index in [1.807, 2.05) is 6.92 Å². The van der Waals surface area contributed by atoms with Crippen LogP contribution < -0.4 is 14.4 Å². The van der Waals surface area contributed by atoms with Gasteiger partial charge in [-0.2, -0.15) is 0 Å². The summed E-state index contributed by atoms with van der Waals surface area (Å²) in [4.78, 5) is 12.1. The van der Waals surface area contributed by atoms with Gasteiger partial charge in [0.1, 0.15) is 5.75 Å². The topological polar surface area (TPSA) is 75.7 Å². The van der Waals surface area contributed by atoms with E-state index in [4.69, 9.17) is 16.3 Å². The normalized spacial score (nSPS) is 18.1.